The van der Waals surface area contributed by atoms with E-state index >= 15 is 0 Å². The molecule has 9 rings (SSSR count). The van der Waals surface area contributed by atoms with Crippen LogP contribution in [0.1, 0.15) is 41.5 Å². The molecule has 6 amide bonds. The third-order valence-electron chi connectivity index (χ3n) is 21.2. The lowest BCUT2D eigenvalue weighted by Gasteiger charge is -2.51. The monoisotopic (exact) mass is 1720 g/mol. The van der Waals surface area contributed by atoms with E-state index in [0.29, 0.717) is 0 Å². The van der Waals surface area contributed by atoms with Gasteiger partial charge in [0, 0.05) is 41.5 Å². The van der Waals surface area contributed by atoms with Gasteiger partial charge in [-0.05, 0) is 0 Å². The minimum Gasteiger partial charge on any atom is -0.394 e. The first-order valence-corrected chi connectivity index (χ1v) is 37.6. The molecule has 52 heteroatoms. The number of aliphatic hydroxyl groups is 23. The minimum absolute atomic E-state index is 0.792. The Morgan fingerprint density at radius 1 is 0.220 bits per heavy atom. The van der Waals surface area contributed by atoms with E-state index in [2.05, 4.69) is 31.9 Å². The molecule has 680 valence electrons. The number of hydrogen-bond donors (Lipinski definition) is 29. The molecule has 0 radical (unpaired) electrons. The average molecular weight is 1720 g/mol. The summed E-state index contributed by atoms with van der Waals surface area (Å²) >= 11 is 0. The van der Waals surface area contributed by atoms with E-state index in [1.807, 2.05) is 0 Å². The van der Waals surface area contributed by atoms with Crippen LogP contribution in [0.25, 0.3) is 0 Å². The fraction of sp³-hybridized carbons (Fsp3) is 0.909. The first-order valence-electron chi connectivity index (χ1n) is 37.6. The van der Waals surface area contributed by atoms with Crippen LogP contribution in [0, 0.1) is 0 Å². The second-order valence-corrected chi connectivity index (χ2v) is 29.6. The van der Waals surface area contributed by atoms with Crippen molar-refractivity contribution < 1.29 is 227 Å². The molecule has 0 aliphatic carbocycles. The molecule has 118 heavy (non-hydrogen) atoms. The molecule has 0 bridgehead atoms. The van der Waals surface area contributed by atoms with E-state index in [1.165, 1.54) is 0 Å². The third-order valence-corrected chi connectivity index (χ3v) is 21.2. The molecule has 9 saturated heterocycles. The SMILES string of the molecule is CC(=O)NC1C(O)OC(CO)C(OC2OC(CO)C(OC3OC(COC4OC(CO)C(O)C(O)C4OC4OC(CO)C(OC5OC(CO)C(O)C(O)C5NC(C)=O)C(O)C4NC(C)=O)C(O)C(OC4OC(CO)C(O)C(O)C4OC4OC(CO)C(OC5OC(CO)C(O)C(O)C5NC(C)=O)C(O)C4NC(C)=O)C3O)C(O)C2NC(C)=O)C1O. The smallest absolute Gasteiger partial charge is 0.217 e. The maximum absolute atomic E-state index is 13.1. The lowest BCUT2D eigenvalue weighted by atomic mass is 9.93. The highest BCUT2D eigenvalue weighted by Crippen LogP contribution is 2.40. The summed E-state index contributed by atoms with van der Waals surface area (Å²) in [6.07, 6.45) is -80.8. The highest BCUT2D eigenvalue weighted by Gasteiger charge is 2.61. The minimum atomic E-state index is -2.59. The molecule has 9 aliphatic heterocycles. The third kappa shape index (κ3) is 21.9. The Hall–Kier alpha value is -4.78. The summed E-state index contributed by atoms with van der Waals surface area (Å²) in [5.41, 5.74) is 0. The van der Waals surface area contributed by atoms with Gasteiger partial charge in [-0.2, -0.15) is 0 Å². The average Bonchev–Trinajstić information content (AvgIpc) is 0.769. The Bertz CT molecular complexity index is 3230. The van der Waals surface area contributed by atoms with E-state index in [0.717, 1.165) is 41.5 Å². The Labute approximate surface area is 669 Å². The fourth-order valence-corrected chi connectivity index (χ4v) is 15.3. The van der Waals surface area contributed by atoms with Crippen molar-refractivity contribution in [3.05, 3.63) is 0 Å². The Morgan fingerprint density at radius 3 is 0.771 bits per heavy atom. The number of aliphatic hydroxyl groups excluding tert-OH is 23. The lowest BCUT2D eigenvalue weighted by Crippen LogP contribution is -2.71. The van der Waals surface area contributed by atoms with Crippen LogP contribution < -0.4 is 31.9 Å². The number of carbonyl (C=O) groups is 6. The number of amides is 6. The van der Waals surface area contributed by atoms with Gasteiger partial charge < -0.3 is 230 Å². The molecule has 9 heterocycles. The molecular weight excluding hydrogens is 1610 g/mol. The standard InChI is InChI=1S/C66H110N6O46/c1-16(81)67-31-44(94)51(26(11-77)103-58(31)101)112-61-34(70-19(4)84)47(97)54(29(14-80)108-61)115-64-50(100)55(116-66-57(49(99)40(90)25(10-76)107-66)118-63-36(72-21(6)86)46(96)53(28(13-79)110-63)114-60-33(69-18(3)83)43(93)38(88)23(8-74)105-60)41(91)30(111-64)15-102-65-56(48(98)39(89)24(9-75)106-65)117-62-35(71-20(5)85)45(95)52(27(12-78)109-62)113-59-32(68-17(2)82)42(92)37(87)22(7-73)104-59/h22-66,73-80,87-101H,7-15H2,1-6H3,(H,67,81)(H,68,82)(H,69,83)(H,70,84)(H,71,85)(H,72,86). The molecule has 0 spiro atoms. The van der Waals surface area contributed by atoms with E-state index in [4.69, 9.17) is 80.5 Å². The summed E-state index contributed by atoms with van der Waals surface area (Å²) < 4.78 is 102. The number of nitrogens with one attached hydrogen (secondary N) is 6. The maximum atomic E-state index is 13.1. The zero-order valence-electron chi connectivity index (χ0n) is 64.0. The van der Waals surface area contributed by atoms with E-state index in [9.17, 15) is 146 Å². The van der Waals surface area contributed by atoms with Crippen LogP contribution >= 0.6 is 0 Å². The normalized spacial score (nSPS) is 46.9. The van der Waals surface area contributed by atoms with Crippen molar-refractivity contribution in [3.63, 3.8) is 0 Å². The summed E-state index contributed by atoms with van der Waals surface area (Å²) in [6, 6.07) is -10.8. The van der Waals surface area contributed by atoms with Gasteiger partial charge in [-0.25, -0.2) is 0 Å². The topological polar surface area (TPSA) is 797 Å². The summed E-state index contributed by atoms with van der Waals surface area (Å²) in [5, 5.41) is 273. The molecule has 0 aromatic carbocycles. The molecule has 0 saturated carbocycles. The fourth-order valence-electron chi connectivity index (χ4n) is 15.3. The van der Waals surface area contributed by atoms with Crippen molar-refractivity contribution in [2.75, 3.05) is 59.5 Å². The number of carbonyl (C=O) groups excluding carboxylic acids is 6. The van der Waals surface area contributed by atoms with Crippen LogP contribution in [0.4, 0.5) is 0 Å². The summed E-state index contributed by atoms with van der Waals surface area (Å²) in [4.78, 5) is 76.0. The molecule has 9 fully saturated rings. The Kier molecular flexibility index (Phi) is 35.1. The van der Waals surface area contributed by atoms with Gasteiger partial charge in [-0.15, -0.1) is 0 Å². The zero-order chi connectivity index (χ0) is 87.1. The van der Waals surface area contributed by atoms with E-state index in [1.54, 1.807) is 0 Å². The summed E-state index contributed by atoms with van der Waals surface area (Å²) in [7, 11) is 0. The number of rotatable bonds is 31. The van der Waals surface area contributed by atoms with Gasteiger partial charge in [-0.3, -0.25) is 28.8 Å². The van der Waals surface area contributed by atoms with Crippen molar-refractivity contribution in [3.8, 4) is 0 Å². The molecule has 9 aliphatic rings. The van der Waals surface area contributed by atoms with Crippen LogP contribution in [0.15, 0.2) is 0 Å². The van der Waals surface area contributed by atoms with Gasteiger partial charge in [0.1, 0.15) is 219 Å². The number of hydrogen-bond acceptors (Lipinski definition) is 46. The summed E-state index contributed by atoms with van der Waals surface area (Å²) in [5.74, 6) is -5.25. The van der Waals surface area contributed by atoms with Crippen LogP contribution in [-0.2, 0) is 109 Å². The Morgan fingerprint density at radius 2 is 0.449 bits per heavy atom. The zero-order valence-corrected chi connectivity index (χ0v) is 64.0. The highest BCUT2D eigenvalue weighted by molar-refractivity contribution is 5.75. The second-order valence-electron chi connectivity index (χ2n) is 29.6. The molecule has 45 atom stereocenters. The molecule has 0 aromatic heterocycles. The summed E-state index contributed by atoms with van der Waals surface area (Å²) in [6.45, 7) is -4.04. The second kappa shape index (κ2) is 42.7. The van der Waals surface area contributed by atoms with Crippen molar-refractivity contribution in [1.82, 2.24) is 31.9 Å². The van der Waals surface area contributed by atoms with Crippen molar-refractivity contribution >= 4 is 35.4 Å². The van der Waals surface area contributed by atoms with Gasteiger partial charge in [0.05, 0.1) is 59.5 Å². The molecule has 45 unspecified atom stereocenters. The lowest BCUT2D eigenvalue weighted by molar-refractivity contribution is -0.398. The van der Waals surface area contributed by atoms with Crippen LogP contribution in [0.5, 0.6) is 0 Å². The molecule has 52 nitrogen and oxygen atoms in total. The first-order chi connectivity index (χ1) is 55.8. The van der Waals surface area contributed by atoms with Crippen LogP contribution in [-0.4, -0.2) is 488 Å². The quantitative estimate of drug-likeness (QED) is 0.0306. The van der Waals surface area contributed by atoms with E-state index < -0.39 is 371 Å². The highest BCUT2D eigenvalue weighted by atomic mass is 16.8. The van der Waals surface area contributed by atoms with Gasteiger partial charge in [0.15, 0.2) is 56.6 Å². The largest absolute Gasteiger partial charge is 0.394 e. The maximum Gasteiger partial charge on any atom is 0.217 e. The van der Waals surface area contributed by atoms with Gasteiger partial charge in [0.2, 0.25) is 35.4 Å². The van der Waals surface area contributed by atoms with E-state index in [-0.39, 0.29) is 0 Å². The Balaban J connectivity index is 1.06. The van der Waals surface area contributed by atoms with Crippen molar-refractivity contribution in [1.29, 1.82) is 0 Å². The predicted octanol–water partition coefficient (Wildman–Crippen LogP) is -19.8. The van der Waals surface area contributed by atoms with Crippen molar-refractivity contribution in [2.24, 2.45) is 0 Å². The van der Waals surface area contributed by atoms with Crippen LogP contribution in [0.2, 0.25) is 0 Å². The molecular formula is C66H110N6O46. The van der Waals surface area contributed by atoms with Crippen LogP contribution in [0.3, 0.4) is 0 Å². The molecule has 0 aromatic rings. The first kappa shape index (κ1) is 97.0. The molecule has 29 N–H and O–H groups in total. The van der Waals surface area contributed by atoms with Crippen molar-refractivity contribution in [2.45, 2.75) is 318 Å². The van der Waals surface area contributed by atoms with Gasteiger partial charge >= 0.3 is 0 Å². The predicted molar refractivity (Wildman–Crippen MR) is 367 cm³/mol. The van der Waals surface area contributed by atoms with Gasteiger partial charge in [0.25, 0.3) is 0 Å². The van der Waals surface area contributed by atoms with Gasteiger partial charge in [-0.1, -0.05) is 0 Å². The number of ether oxygens (including phenoxy) is 17.